The first kappa shape index (κ1) is 17.2. The molecular weight excluding hydrogens is 334 g/mol. The van der Waals surface area contributed by atoms with E-state index in [1.807, 2.05) is 49.4 Å². The van der Waals surface area contributed by atoms with Crippen LogP contribution in [0, 0.1) is 0 Å². The Morgan fingerprint density at radius 2 is 2.08 bits per heavy atom. The van der Waals surface area contributed by atoms with Crippen molar-refractivity contribution in [3.8, 4) is 11.5 Å². The minimum absolute atomic E-state index is 0.147. The Kier molecular flexibility index (Phi) is 5.50. The van der Waals surface area contributed by atoms with E-state index >= 15 is 0 Å². The monoisotopic (exact) mass is 355 g/mol. The summed E-state index contributed by atoms with van der Waals surface area (Å²) >= 11 is 1.57. The van der Waals surface area contributed by atoms with Gasteiger partial charge in [0.2, 0.25) is 5.13 Å². The minimum Gasteiger partial charge on any atom is -0.493 e. The third kappa shape index (κ3) is 4.28. The Labute approximate surface area is 151 Å². The van der Waals surface area contributed by atoms with E-state index in [1.54, 1.807) is 24.7 Å². The molecule has 0 amide bonds. The smallest absolute Gasteiger partial charge is 0.204 e. The van der Waals surface area contributed by atoms with E-state index in [-0.39, 0.29) is 6.10 Å². The highest BCUT2D eigenvalue weighted by molar-refractivity contribution is 7.22. The lowest BCUT2D eigenvalue weighted by molar-refractivity contribution is 0.207. The summed E-state index contributed by atoms with van der Waals surface area (Å²) in [5, 5.41) is 5.03. The molecule has 5 nitrogen and oxygen atoms in total. The molecule has 3 rings (SSSR count). The average molecular weight is 355 g/mol. The van der Waals surface area contributed by atoms with Crippen LogP contribution in [0.2, 0.25) is 0 Å². The molecule has 3 aromatic rings. The normalized spacial score (nSPS) is 12.4. The maximum absolute atomic E-state index is 5.85. The third-order valence-electron chi connectivity index (χ3n) is 3.76. The topological polar surface area (TPSA) is 55.7 Å². The van der Waals surface area contributed by atoms with Gasteiger partial charge in [-0.05, 0) is 49.2 Å². The SMILES string of the molecule is CCC(C)Oc1ccc(/C=N\Nc2nc3ccccc3s2)cc1OC. The summed E-state index contributed by atoms with van der Waals surface area (Å²) in [6, 6.07) is 13.8. The molecule has 0 radical (unpaired) electrons. The number of anilines is 1. The summed E-state index contributed by atoms with van der Waals surface area (Å²) in [6.45, 7) is 4.13. The Morgan fingerprint density at radius 1 is 1.24 bits per heavy atom. The maximum atomic E-state index is 5.85. The van der Waals surface area contributed by atoms with E-state index in [2.05, 4.69) is 22.4 Å². The average Bonchev–Trinajstić information content (AvgIpc) is 3.05. The van der Waals surface area contributed by atoms with Crippen molar-refractivity contribution in [1.82, 2.24) is 4.98 Å². The number of rotatable bonds is 7. The molecule has 0 saturated heterocycles. The molecule has 0 bridgehead atoms. The molecule has 2 aromatic carbocycles. The Bertz CT molecular complexity index is 843. The zero-order valence-corrected chi connectivity index (χ0v) is 15.3. The van der Waals surface area contributed by atoms with Gasteiger partial charge in [0.05, 0.1) is 29.6 Å². The van der Waals surface area contributed by atoms with Crippen molar-refractivity contribution >= 4 is 32.9 Å². The molecule has 1 heterocycles. The van der Waals surface area contributed by atoms with Crippen LogP contribution in [0.1, 0.15) is 25.8 Å². The second kappa shape index (κ2) is 7.98. The van der Waals surface area contributed by atoms with Crippen molar-refractivity contribution in [3.63, 3.8) is 0 Å². The van der Waals surface area contributed by atoms with E-state index < -0.39 is 0 Å². The number of hydrazone groups is 1. The molecule has 130 valence electrons. The molecule has 0 aliphatic heterocycles. The number of nitrogens with one attached hydrogen (secondary N) is 1. The summed E-state index contributed by atoms with van der Waals surface area (Å²) in [5.41, 5.74) is 4.87. The fraction of sp³-hybridized carbons (Fsp3) is 0.263. The van der Waals surface area contributed by atoms with Crippen molar-refractivity contribution < 1.29 is 9.47 Å². The predicted octanol–water partition coefficient (Wildman–Crippen LogP) is 4.93. The predicted molar refractivity (Wildman–Crippen MR) is 104 cm³/mol. The molecule has 0 spiro atoms. The van der Waals surface area contributed by atoms with Crippen LogP contribution in [0.5, 0.6) is 11.5 Å². The largest absolute Gasteiger partial charge is 0.493 e. The zero-order valence-electron chi connectivity index (χ0n) is 14.5. The molecule has 25 heavy (non-hydrogen) atoms. The van der Waals surface area contributed by atoms with E-state index in [0.717, 1.165) is 33.1 Å². The molecular formula is C19H21N3O2S. The molecule has 1 atom stereocenters. The van der Waals surface area contributed by atoms with Gasteiger partial charge in [-0.25, -0.2) is 4.98 Å². The van der Waals surface area contributed by atoms with E-state index in [1.165, 1.54) is 0 Å². The van der Waals surface area contributed by atoms with E-state index in [4.69, 9.17) is 9.47 Å². The molecule has 1 unspecified atom stereocenters. The Hall–Kier alpha value is -2.60. The van der Waals surface area contributed by atoms with Gasteiger partial charge in [0.1, 0.15) is 0 Å². The molecule has 0 aliphatic carbocycles. The fourth-order valence-electron chi connectivity index (χ4n) is 2.24. The zero-order chi connectivity index (χ0) is 17.6. The molecule has 0 aliphatic rings. The van der Waals surface area contributed by atoms with Gasteiger partial charge in [0.25, 0.3) is 0 Å². The number of nitrogens with zero attached hydrogens (tertiary/aromatic N) is 2. The summed E-state index contributed by atoms with van der Waals surface area (Å²) in [4.78, 5) is 4.48. The fourth-order valence-corrected chi connectivity index (χ4v) is 3.06. The van der Waals surface area contributed by atoms with Gasteiger partial charge in [-0.3, -0.25) is 5.43 Å². The molecule has 0 fully saturated rings. The van der Waals surface area contributed by atoms with Gasteiger partial charge < -0.3 is 9.47 Å². The second-order valence-corrected chi connectivity index (χ2v) is 6.63. The first-order valence-corrected chi connectivity index (χ1v) is 9.00. The number of ether oxygens (including phenoxy) is 2. The van der Waals surface area contributed by atoms with Crippen molar-refractivity contribution in [2.75, 3.05) is 12.5 Å². The number of hydrogen-bond acceptors (Lipinski definition) is 6. The number of fused-ring (bicyclic) bond motifs is 1. The van der Waals surface area contributed by atoms with Gasteiger partial charge in [-0.1, -0.05) is 30.4 Å². The van der Waals surface area contributed by atoms with Gasteiger partial charge in [-0.2, -0.15) is 5.10 Å². The van der Waals surface area contributed by atoms with Crippen LogP contribution in [0.25, 0.3) is 10.2 Å². The number of methoxy groups -OCH3 is 1. The van der Waals surface area contributed by atoms with Crippen molar-refractivity contribution in [1.29, 1.82) is 0 Å². The number of thiazole rings is 1. The van der Waals surface area contributed by atoms with E-state index in [0.29, 0.717) is 5.75 Å². The lowest BCUT2D eigenvalue weighted by Crippen LogP contribution is -2.10. The Balaban J connectivity index is 1.70. The minimum atomic E-state index is 0.147. The highest BCUT2D eigenvalue weighted by atomic mass is 32.1. The Morgan fingerprint density at radius 3 is 2.84 bits per heavy atom. The van der Waals surface area contributed by atoms with Gasteiger partial charge in [-0.15, -0.1) is 0 Å². The molecule has 1 N–H and O–H groups in total. The molecule has 1 aromatic heterocycles. The number of para-hydroxylation sites is 1. The lowest BCUT2D eigenvalue weighted by Gasteiger charge is -2.15. The van der Waals surface area contributed by atoms with Crippen molar-refractivity contribution in [3.05, 3.63) is 48.0 Å². The molecule has 0 saturated carbocycles. The second-order valence-electron chi connectivity index (χ2n) is 5.60. The van der Waals surface area contributed by atoms with Crippen LogP contribution < -0.4 is 14.9 Å². The van der Waals surface area contributed by atoms with Gasteiger partial charge >= 0.3 is 0 Å². The van der Waals surface area contributed by atoms with Gasteiger partial charge in [0.15, 0.2) is 11.5 Å². The van der Waals surface area contributed by atoms with Crippen molar-refractivity contribution in [2.45, 2.75) is 26.4 Å². The quantitative estimate of drug-likeness (QED) is 0.482. The number of hydrogen-bond donors (Lipinski definition) is 1. The van der Waals surface area contributed by atoms with Crippen LogP contribution in [0.15, 0.2) is 47.6 Å². The van der Waals surface area contributed by atoms with E-state index in [9.17, 15) is 0 Å². The lowest BCUT2D eigenvalue weighted by atomic mass is 10.2. The first-order chi connectivity index (χ1) is 12.2. The summed E-state index contributed by atoms with van der Waals surface area (Å²) in [6.07, 6.45) is 2.83. The van der Waals surface area contributed by atoms with Crippen LogP contribution in [-0.2, 0) is 0 Å². The highest BCUT2D eigenvalue weighted by Crippen LogP contribution is 2.29. The summed E-state index contributed by atoms with van der Waals surface area (Å²) in [5.74, 6) is 1.44. The van der Waals surface area contributed by atoms with Crippen LogP contribution >= 0.6 is 11.3 Å². The highest BCUT2D eigenvalue weighted by Gasteiger charge is 2.08. The van der Waals surface area contributed by atoms with Crippen LogP contribution in [-0.4, -0.2) is 24.4 Å². The maximum Gasteiger partial charge on any atom is 0.204 e. The molecule has 6 heteroatoms. The number of aromatic nitrogens is 1. The van der Waals surface area contributed by atoms with Gasteiger partial charge in [0, 0.05) is 0 Å². The van der Waals surface area contributed by atoms with Crippen LogP contribution in [0.3, 0.4) is 0 Å². The standard InChI is InChI=1S/C19H21N3O2S/c1-4-13(2)24-16-10-9-14(11-17(16)23-3)12-20-22-19-21-15-7-5-6-8-18(15)25-19/h5-13H,4H2,1-3H3,(H,21,22)/b20-12-. The van der Waals surface area contributed by atoms with Crippen LogP contribution in [0.4, 0.5) is 5.13 Å². The number of benzene rings is 2. The van der Waals surface area contributed by atoms with Crippen molar-refractivity contribution in [2.24, 2.45) is 5.10 Å². The summed E-state index contributed by atoms with van der Waals surface area (Å²) in [7, 11) is 1.64. The first-order valence-electron chi connectivity index (χ1n) is 8.19. The third-order valence-corrected chi connectivity index (χ3v) is 4.70. The summed E-state index contributed by atoms with van der Waals surface area (Å²) < 4.78 is 12.4.